The van der Waals surface area contributed by atoms with Crippen molar-refractivity contribution in [2.24, 2.45) is 0 Å². The summed E-state index contributed by atoms with van der Waals surface area (Å²) < 4.78 is 13.1. The summed E-state index contributed by atoms with van der Waals surface area (Å²) in [5.74, 6) is 1.05. The van der Waals surface area contributed by atoms with Crippen LogP contribution in [0.2, 0.25) is 0 Å². The van der Waals surface area contributed by atoms with Crippen LogP contribution in [0.5, 0.6) is 0 Å². The van der Waals surface area contributed by atoms with Crippen LogP contribution in [0, 0.1) is 5.82 Å². The lowest BCUT2D eigenvalue weighted by Crippen LogP contribution is -2.24. The topological polar surface area (TPSA) is 91.8 Å². The Kier molecular flexibility index (Phi) is 7.05. The zero-order valence-electron chi connectivity index (χ0n) is 16.2. The van der Waals surface area contributed by atoms with E-state index in [1.165, 1.54) is 12.1 Å². The Morgan fingerprint density at radius 3 is 2.59 bits per heavy atom. The maximum absolute atomic E-state index is 13.1. The fourth-order valence-electron chi connectivity index (χ4n) is 2.59. The van der Waals surface area contributed by atoms with Gasteiger partial charge in [0, 0.05) is 31.0 Å². The number of carbonyl (C=O) groups is 1. The van der Waals surface area contributed by atoms with E-state index in [4.69, 9.17) is 0 Å². The summed E-state index contributed by atoms with van der Waals surface area (Å²) in [6, 6.07) is 9.56. The second-order valence-corrected chi connectivity index (χ2v) is 6.43. The molecule has 0 unspecified atom stereocenters. The predicted molar refractivity (Wildman–Crippen MR) is 111 cm³/mol. The van der Waals surface area contributed by atoms with E-state index in [2.05, 4.69) is 37.8 Å². The molecule has 0 bridgehead atoms. The van der Waals surface area contributed by atoms with E-state index in [0.29, 0.717) is 36.1 Å². The minimum Gasteiger partial charge on any atom is -0.366 e. The maximum atomic E-state index is 13.1. The van der Waals surface area contributed by atoms with Crippen LogP contribution >= 0.6 is 0 Å². The molecule has 2 heterocycles. The molecule has 0 aliphatic rings. The number of rotatable bonds is 9. The van der Waals surface area contributed by atoms with Crippen molar-refractivity contribution in [2.45, 2.75) is 26.3 Å². The van der Waals surface area contributed by atoms with E-state index in [0.717, 1.165) is 18.4 Å². The first-order chi connectivity index (χ1) is 14.1. The van der Waals surface area contributed by atoms with Crippen LogP contribution in [0.4, 0.5) is 21.8 Å². The number of unbranched alkanes of at least 4 members (excludes halogenated alkanes) is 1. The number of nitrogens with one attached hydrogen (secondary N) is 3. The van der Waals surface area contributed by atoms with E-state index < -0.39 is 0 Å². The minimum atomic E-state index is -0.284. The number of anilines is 3. The molecule has 0 saturated heterocycles. The molecule has 1 amide bonds. The van der Waals surface area contributed by atoms with Gasteiger partial charge >= 0.3 is 0 Å². The van der Waals surface area contributed by atoms with Crippen molar-refractivity contribution in [3.63, 3.8) is 0 Å². The van der Waals surface area contributed by atoms with Gasteiger partial charge in [-0.1, -0.05) is 25.5 Å². The largest absolute Gasteiger partial charge is 0.366 e. The van der Waals surface area contributed by atoms with Gasteiger partial charge in [0.1, 0.15) is 23.3 Å². The SMILES string of the molecule is CCCCNC(=O)c1cc(NCc2ccc(F)cc2)nc(Nc2cnccn2)c1. The predicted octanol–water partition coefficient (Wildman–Crippen LogP) is 3.90. The summed E-state index contributed by atoms with van der Waals surface area (Å²) in [7, 11) is 0. The summed E-state index contributed by atoms with van der Waals surface area (Å²) in [5, 5.41) is 9.14. The summed E-state index contributed by atoms with van der Waals surface area (Å²) >= 11 is 0. The van der Waals surface area contributed by atoms with Crippen molar-refractivity contribution in [2.75, 3.05) is 17.2 Å². The number of carbonyl (C=O) groups excluding carboxylic acids is 1. The summed E-state index contributed by atoms with van der Waals surface area (Å²) in [4.78, 5) is 25.2. The summed E-state index contributed by atoms with van der Waals surface area (Å²) in [6.07, 6.45) is 6.63. The highest BCUT2D eigenvalue weighted by atomic mass is 19.1. The number of pyridine rings is 1. The Bertz CT molecular complexity index is 934. The molecule has 0 aliphatic heterocycles. The number of hydrogen-bond donors (Lipinski definition) is 3. The molecule has 7 nitrogen and oxygen atoms in total. The lowest BCUT2D eigenvalue weighted by atomic mass is 10.2. The zero-order valence-corrected chi connectivity index (χ0v) is 16.2. The van der Waals surface area contributed by atoms with Gasteiger partial charge in [-0.05, 0) is 36.2 Å². The average Bonchev–Trinajstić information content (AvgIpc) is 2.74. The lowest BCUT2D eigenvalue weighted by molar-refractivity contribution is 0.0953. The first-order valence-electron chi connectivity index (χ1n) is 9.45. The van der Waals surface area contributed by atoms with E-state index in [-0.39, 0.29) is 11.7 Å². The van der Waals surface area contributed by atoms with E-state index >= 15 is 0 Å². The Balaban J connectivity index is 1.79. The van der Waals surface area contributed by atoms with Gasteiger partial charge in [0.15, 0.2) is 0 Å². The number of hydrogen-bond acceptors (Lipinski definition) is 6. The Hall–Kier alpha value is -3.55. The quantitative estimate of drug-likeness (QED) is 0.477. The summed E-state index contributed by atoms with van der Waals surface area (Å²) in [6.45, 7) is 3.13. The highest BCUT2D eigenvalue weighted by Crippen LogP contribution is 2.18. The smallest absolute Gasteiger partial charge is 0.251 e. The standard InChI is InChI=1S/C21H23FN6O/c1-2-3-8-25-21(29)16-11-18(26-13-15-4-6-17(22)7-5-15)27-19(12-16)28-20-14-23-9-10-24-20/h4-7,9-12,14H,2-3,8,13H2,1H3,(H,25,29)(H2,24,26,27,28). The first kappa shape index (κ1) is 20.2. The molecule has 2 aromatic heterocycles. The number of nitrogens with zero attached hydrogens (tertiary/aromatic N) is 3. The maximum Gasteiger partial charge on any atom is 0.251 e. The molecule has 0 aliphatic carbocycles. The molecule has 29 heavy (non-hydrogen) atoms. The molecule has 0 radical (unpaired) electrons. The number of benzene rings is 1. The van der Waals surface area contributed by atoms with Gasteiger partial charge in [0.05, 0.1) is 6.20 Å². The normalized spacial score (nSPS) is 10.4. The number of halogens is 1. The molecule has 1 aromatic carbocycles. The lowest BCUT2D eigenvalue weighted by Gasteiger charge is -2.12. The van der Waals surface area contributed by atoms with Gasteiger partial charge in [0.2, 0.25) is 0 Å². The molecular formula is C21H23FN6O. The van der Waals surface area contributed by atoms with Crippen LogP contribution in [-0.2, 0) is 6.54 Å². The highest BCUT2D eigenvalue weighted by molar-refractivity contribution is 5.95. The molecule has 0 spiro atoms. The number of amides is 1. The first-order valence-corrected chi connectivity index (χ1v) is 9.45. The third-order valence-corrected chi connectivity index (χ3v) is 4.11. The Morgan fingerprint density at radius 2 is 1.86 bits per heavy atom. The second kappa shape index (κ2) is 10.1. The van der Waals surface area contributed by atoms with Crippen LogP contribution in [0.15, 0.2) is 55.0 Å². The number of aromatic nitrogens is 3. The molecule has 150 valence electrons. The van der Waals surface area contributed by atoms with Crippen LogP contribution in [0.1, 0.15) is 35.7 Å². The van der Waals surface area contributed by atoms with Gasteiger partial charge in [0.25, 0.3) is 5.91 Å². The van der Waals surface area contributed by atoms with Crippen molar-refractivity contribution in [3.05, 3.63) is 71.9 Å². The fraction of sp³-hybridized carbons (Fsp3) is 0.238. The van der Waals surface area contributed by atoms with Gasteiger partial charge in [-0.15, -0.1) is 0 Å². The Labute approximate surface area is 168 Å². The van der Waals surface area contributed by atoms with Crippen LogP contribution in [-0.4, -0.2) is 27.4 Å². The van der Waals surface area contributed by atoms with Crippen molar-refractivity contribution in [1.82, 2.24) is 20.3 Å². The zero-order chi connectivity index (χ0) is 20.5. The molecular weight excluding hydrogens is 371 g/mol. The monoisotopic (exact) mass is 394 g/mol. The molecule has 0 atom stereocenters. The fourth-order valence-corrected chi connectivity index (χ4v) is 2.59. The Morgan fingerprint density at radius 1 is 1.07 bits per heavy atom. The minimum absolute atomic E-state index is 0.173. The summed E-state index contributed by atoms with van der Waals surface area (Å²) in [5.41, 5.74) is 1.37. The van der Waals surface area contributed by atoms with Gasteiger partial charge in [-0.2, -0.15) is 0 Å². The molecule has 3 N–H and O–H groups in total. The van der Waals surface area contributed by atoms with Crippen LogP contribution < -0.4 is 16.0 Å². The van der Waals surface area contributed by atoms with Crippen LogP contribution in [0.3, 0.4) is 0 Å². The van der Waals surface area contributed by atoms with Crippen molar-refractivity contribution in [3.8, 4) is 0 Å². The van der Waals surface area contributed by atoms with Crippen LogP contribution in [0.25, 0.3) is 0 Å². The van der Waals surface area contributed by atoms with E-state index in [9.17, 15) is 9.18 Å². The van der Waals surface area contributed by atoms with Crippen molar-refractivity contribution >= 4 is 23.4 Å². The molecule has 8 heteroatoms. The third-order valence-electron chi connectivity index (χ3n) is 4.11. The highest BCUT2D eigenvalue weighted by Gasteiger charge is 2.11. The van der Waals surface area contributed by atoms with Crippen molar-refractivity contribution in [1.29, 1.82) is 0 Å². The third kappa shape index (κ3) is 6.24. The molecule has 0 saturated carbocycles. The van der Waals surface area contributed by atoms with E-state index in [1.807, 2.05) is 0 Å². The van der Waals surface area contributed by atoms with Gasteiger partial charge < -0.3 is 16.0 Å². The molecule has 0 fully saturated rings. The van der Waals surface area contributed by atoms with Crippen molar-refractivity contribution < 1.29 is 9.18 Å². The molecule has 3 rings (SSSR count). The van der Waals surface area contributed by atoms with E-state index in [1.54, 1.807) is 42.9 Å². The molecule has 3 aromatic rings. The average molecular weight is 394 g/mol. The second-order valence-electron chi connectivity index (χ2n) is 6.43. The van der Waals surface area contributed by atoms with Gasteiger partial charge in [-0.3, -0.25) is 9.78 Å². The van der Waals surface area contributed by atoms with Gasteiger partial charge in [-0.25, -0.2) is 14.4 Å².